The van der Waals surface area contributed by atoms with Gasteiger partial charge in [0.15, 0.2) is 0 Å². The number of fused-ring (bicyclic) bond motifs is 1. The van der Waals surface area contributed by atoms with Crippen LogP contribution in [0.15, 0.2) is 91.0 Å². The fourth-order valence-electron chi connectivity index (χ4n) is 5.65. The van der Waals surface area contributed by atoms with Gasteiger partial charge in [-0.3, -0.25) is 4.79 Å². The third-order valence-electron chi connectivity index (χ3n) is 7.88. The lowest BCUT2D eigenvalue weighted by molar-refractivity contribution is 0.0942. The summed E-state index contributed by atoms with van der Waals surface area (Å²) >= 11 is 0. The molecule has 5 N–H and O–H groups in total. The zero-order chi connectivity index (χ0) is 28.5. The van der Waals surface area contributed by atoms with Gasteiger partial charge in [-0.1, -0.05) is 36.4 Å². The number of aromatic hydroxyl groups is 1. The SMILES string of the molecule is Cc1cc(C(=O)N[C@H](c2cc3ccccc3[nH]2)c2cc(F)ccc2O)cc(-c2ccc(N3CCC(N)CC3)cc2)c1. The van der Waals surface area contributed by atoms with E-state index in [1.165, 1.54) is 23.9 Å². The maximum absolute atomic E-state index is 14.3. The molecule has 5 aromatic rings. The van der Waals surface area contributed by atoms with Crippen LogP contribution in [0.5, 0.6) is 5.75 Å². The van der Waals surface area contributed by atoms with Crippen molar-refractivity contribution in [2.24, 2.45) is 5.73 Å². The summed E-state index contributed by atoms with van der Waals surface area (Å²) in [4.78, 5) is 19.4. The van der Waals surface area contributed by atoms with Crippen LogP contribution in [0.1, 0.15) is 46.1 Å². The first-order valence-corrected chi connectivity index (χ1v) is 13.9. The number of H-pyrrole nitrogens is 1. The van der Waals surface area contributed by atoms with Crippen molar-refractivity contribution in [1.82, 2.24) is 10.3 Å². The molecule has 6 nitrogen and oxygen atoms in total. The van der Waals surface area contributed by atoms with Gasteiger partial charge in [-0.25, -0.2) is 4.39 Å². The van der Waals surface area contributed by atoms with Gasteiger partial charge in [-0.2, -0.15) is 0 Å². The molecule has 2 heterocycles. The molecule has 0 spiro atoms. The molecule has 41 heavy (non-hydrogen) atoms. The summed E-state index contributed by atoms with van der Waals surface area (Å²) in [5.41, 5.74) is 12.4. The minimum absolute atomic E-state index is 0.101. The zero-order valence-corrected chi connectivity index (χ0v) is 22.9. The van der Waals surface area contributed by atoms with Crippen LogP contribution in [0.3, 0.4) is 0 Å². The predicted octanol–water partition coefficient (Wildman–Crippen LogP) is 6.43. The summed E-state index contributed by atoms with van der Waals surface area (Å²) in [6, 6.07) is 27.0. The van der Waals surface area contributed by atoms with Crippen molar-refractivity contribution in [3.8, 4) is 16.9 Å². The number of aromatic amines is 1. The van der Waals surface area contributed by atoms with Crippen molar-refractivity contribution < 1.29 is 14.3 Å². The maximum Gasteiger partial charge on any atom is 0.252 e. The summed E-state index contributed by atoms with van der Waals surface area (Å²) < 4.78 is 14.3. The monoisotopic (exact) mass is 548 g/mol. The van der Waals surface area contributed by atoms with E-state index in [9.17, 15) is 14.3 Å². The van der Waals surface area contributed by atoms with Gasteiger partial charge >= 0.3 is 0 Å². The largest absolute Gasteiger partial charge is 0.508 e. The number of nitrogens with zero attached hydrogens (tertiary/aromatic N) is 1. The molecule has 1 amide bonds. The fraction of sp³-hybridized carbons (Fsp3) is 0.206. The molecule has 0 radical (unpaired) electrons. The highest BCUT2D eigenvalue weighted by Crippen LogP contribution is 2.32. The molecule has 6 rings (SSSR count). The second kappa shape index (κ2) is 11.1. The van der Waals surface area contributed by atoms with E-state index < -0.39 is 11.9 Å². The van der Waals surface area contributed by atoms with E-state index in [0.717, 1.165) is 53.5 Å². The summed E-state index contributed by atoms with van der Waals surface area (Å²) in [6.07, 6.45) is 1.98. The van der Waals surface area contributed by atoms with Gasteiger partial charge in [-0.05, 0) is 96.4 Å². The Morgan fingerprint density at radius 2 is 1.73 bits per heavy atom. The molecular weight excluding hydrogens is 515 g/mol. The smallest absolute Gasteiger partial charge is 0.252 e. The number of amides is 1. The molecule has 7 heteroatoms. The first-order chi connectivity index (χ1) is 19.8. The number of aryl methyl sites for hydroxylation is 1. The fourth-order valence-corrected chi connectivity index (χ4v) is 5.65. The molecule has 0 unspecified atom stereocenters. The quantitative estimate of drug-likeness (QED) is 0.197. The average Bonchev–Trinajstić information content (AvgIpc) is 3.41. The molecule has 1 aliphatic heterocycles. The summed E-state index contributed by atoms with van der Waals surface area (Å²) in [5.74, 6) is -0.929. The van der Waals surface area contributed by atoms with Gasteiger partial charge in [0, 0.05) is 47.2 Å². The zero-order valence-electron chi connectivity index (χ0n) is 22.9. The van der Waals surface area contributed by atoms with E-state index >= 15 is 0 Å². The number of aromatic nitrogens is 1. The lowest BCUT2D eigenvalue weighted by Gasteiger charge is -2.32. The Morgan fingerprint density at radius 1 is 0.976 bits per heavy atom. The van der Waals surface area contributed by atoms with Crippen LogP contribution < -0.4 is 16.0 Å². The van der Waals surface area contributed by atoms with E-state index in [-0.39, 0.29) is 23.3 Å². The molecule has 1 fully saturated rings. The van der Waals surface area contributed by atoms with Gasteiger partial charge in [0.1, 0.15) is 11.6 Å². The van der Waals surface area contributed by atoms with Crippen molar-refractivity contribution >= 4 is 22.5 Å². The molecule has 1 saturated heterocycles. The second-order valence-electron chi connectivity index (χ2n) is 10.9. The summed E-state index contributed by atoms with van der Waals surface area (Å²) in [6.45, 7) is 3.86. The molecule has 0 aliphatic carbocycles. The number of phenolic OH excluding ortho intramolecular Hbond substituents is 1. The van der Waals surface area contributed by atoms with E-state index in [4.69, 9.17) is 5.73 Å². The van der Waals surface area contributed by atoms with Gasteiger partial charge < -0.3 is 26.0 Å². The van der Waals surface area contributed by atoms with E-state index in [2.05, 4.69) is 45.5 Å². The highest BCUT2D eigenvalue weighted by molar-refractivity contribution is 5.96. The predicted molar refractivity (Wildman–Crippen MR) is 162 cm³/mol. The standard InChI is InChI=1S/C34H33FN4O2/c1-21-16-24(22-6-9-28(10-7-22)39-14-12-27(36)13-15-39)18-25(17-21)34(41)38-33(29-20-26(35)8-11-32(29)40)31-19-23-4-2-3-5-30(23)37-31/h2-11,16-20,27,33,37,40H,12-15,36H2,1H3,(H,38,41)/t33-/m0/s1. The number of hydrogen-bond acceptors (Lipinski definition) is 4. The molecule has 208 valence electrons. The number of benzene rings is 4. The number of phenols is 1. The number of anilines is 1. The average molecular weight is 549 g/mol. The Balaban J connectivity index is 1.30. The summed E-state index contributed by atoms with van der Waals surface area (Å²) in [5, 5.41) is 14.6. The molecule has 0 saturated carbocycles. The topological polar surface area (TPSA) is 94.4 Å². The number of carbonyl (C=O) groups is 1. The normalized spacial score (nSPS) is 14.8. The van der Waals surface area contributed by atoms with Crippen LogP contribution in [0.2, 0.25) is 0 Å². The Hall–Kier alpha value is -4.62. The third kappa shape index (κ3) is 5.67. The third-order valence-corrected chi connectivity index (χ3v) is 7.88. The first kappa shape index (κ1) is 26.6. The molecule has 4 aromatic carbocycles. The van der Waals surface area contributed by atoms with Crippen LogP contribution in [-0.2, 0) is 0 Å². The molecule has 1 aromatic heterocycles. The number of para-hydroxylation sites is 1. The Bertz CT molecular complexity index is 1670. The molecule has 1 aliphatic rings. The van der Waals surface area contributed by atoms with Crippen molar-refractivity contribution in [3.63, 3.8) is 0 Å². The van der Waals surface area contributed by atoms with E-state index in [1.807, 2.05) is 49.4 Å². The number of rotatable bonds is 6. The van der Waals surface area contributed by atoms with E-state index in [1.54, 1.807) is 0 Å². The summed E-state index contributed by atoms with van der Waals surface area (Å²) in [7, 11) is 0. The maximum atomic E-state index is 14.3. The second-order valence-corrected chi connectivity index (χ2v) is 10.9. The first-order valence-electron chi connectivity index (χ1n) is 13.9. The number of piperidine rings is 1. The van der Waals surface area contributed by atoms with Crippen molar-refractivity contribution in [2.45, 2.75) is 31.8 Å². The Labute approximate surface area is 238 Å². The minimum Gasteiger partial charge on any atom is -0.508 e. The Kier molecular flexibility index (Phi) is 7.20. The molecule has 1 atom stereocenters. The Morgan fingerprint density at radius 3 is 2.49 bits per heavy atom. The highest BCUT2D eigenvalue weighted by Gasteiger charge is 2.24. The van der Waals surface area contributed by atoms with Crippen LogP contribution in [0, 0.1) is 12.7 Å². The molecule has 0 bridgehead atoms. The van der Waals surface area contributed by atoms with Crippen LogP contribution in [0.25, 0.3) is 22.0 Å². The van der Waals surface area contributed by atoms with Crippen molar-refractivity contribution in [2.75, 3.05) is 18.0 Å². The van der Waals surface area contributed by atoms with Gasteiger partial charge in [0.2, 0.25) is 0 Å². The highest BCUT2D eigenvalue weighted by atomic mass is 19.1. The van der Waals surface area contributed by atoms with Crippen LogP contribution in [0.4, 0.5) is 10.1 Å². The number of nitrogens with two attached hydrogens (primary N) is 1. The number of carbonyl (C=O) groups excluding carboxylic acids is 1. The minimum atomic E-state index is -0.800. The van der Waals surface area contributed by atoms with Gasteiger partial charge in [0.05, 0.1) is 6.04 Å². The lowest BCUT2D eigenvalue weighted by atomic mass is 9.98. The van der Waals surface area contributed by atoms with Crippen LogP contribution >= 0.6 is 0 Å². The number of hydrogen-bond donors (Lipinski definition) is 4. The van der Waals surface area contributed by atoms with Crippen molar-refractivity contribution in [3.05, 3.63) is 119 Å². The molecular formula is C34H33FN4O2. The number of halogens is 1. The lowest BCUT2D eigenvalue weighted by Crippen LogP contribution is -2.39. The van der Waals surface area contributed by atoms with Crippen LogP contribution in [-0.4, -0.2) is 35.1 Å². The number of nitrogens with one attached hydrogen (secondary N) is 2. The van der Waals surface area contributed by atoms with Gasteiger partial charge in [0.25, 0.3) is 5.91 Å². The van der Waals surface area contributed by atoms with E-state index in [0.29, 0.717) is 11.3 Å². The van der Waals surface area contributed by atoms with Gasteiger partial charge in [-0.15, -0.1) is 0 Å². The van der Waals surface area contributed by atoms with Crippen molar-refractivity contribution in [1.29, 1.82) is 0 Å².